The van der Waals surface area contributed by atoms with Gasteiger partial charge in [-0.3, -0.25) is 0 Å². The second-order valence-corrected chi connectivity index (χ2v) is 9.82. The highest BCUT2D eigenvalue weighted by Gasteiger charge is 2.84. The van der Waals surface area contributed by atoms with Crippen LogP contribution in [0.3, 0.4) is 0 Å². The zero-order chi connectivity index (χ0) is 8.95. The summed E-state index contributed by atoms with van der Waals surface area (Å²) in [4.78, 5) is 0. The highest BCUT2D eigenvalue weighted by atomic mass is 127. The molecule has 1 heterocycles. The predicted molar refractivity (Wildman–Crippen MR) is 67.7 cm³/mol. The van der Waals surface area contributed by atoms with Crippen molar-refractivity contribution < 1.29 is 4.74 Å². The first-order valence-corrected chi connectivity index (χ1v) is 7.15. The molecule has 3 heteroatoms. The number of rotatable bonds is 0. The minimum absolute atomic E-state index is 0.620. The molecule has 2 spiro atoms. The van der Waals surface area contributed by atoms with Crippen LogP contribution in [-0.2, 0) is 4.74 Å². The lowest BCUT2D eigenvalue weighted by atomic mass is 9.71. The smallest absolute Gasteiger partial charge is 0.0529 e. The Kier molecular flexibility index (Phi) is 1.30. The summed E-state index contributed by atoms with van der Waals surface area (Å²) in [5.41, 5.74) is 1.24. The molecule has 4 aliphatic carbocycles. The van der Waals surface area contributed by atoms with E-state index in [1.165, 1.54) is 25.7 Å². The molecule has 5 rings (SSSR count). The molecule has 4 saturated carbocycles. The van der Waals surface area contributed by atoms with Crippen LogP contribution >= 0.6 is 45.2 Å². The Morgan fingerprint density at radius 1 is 0.769 bits per heavy atom. The van der Waals surface area contributed by atoms with Crippen LogP contribution in [0.2, 0.25) is 0 Å². The van der Waals surface area contributed by atoms with E-state index in [-0.39, 0.29) is 0 Å². The van der Waals surface area contributed by atoms with Gasteiger partial charge in [0.05, 0.1) is 13.2 Å². The van der Waals surface area contributed by atoms with Crippen molar-refractivity contribution in [3.63, 3.8) is 0 Å². The van der Waals surface area contributed by atoms with Crippen LogP contribution in [0, 0.1) is 10.8 Å². The first-order valence-electron chi connectivity index (χ1n) is 4.99. The number of halogens is 2. The van der Waals surface area contributed by atoms with Gasteiger partial charge in [0, 0.05) is 17.7 Å². The van der Waals surface area contributed by atoms with Gasteiger partial charge in [-0.15, -0.1) is 0 Å². The lowest BCUT2D eigenvalue weighted by Gasteiger charge is -2.30. The lowest BCUT2D eigenvalue weighted by molar-refractivity contribution is 0.151. The zero-order valence-corrected chi connectivity index (χ0v) is 11.7. The number of alkyl halides is 2. The van der Waals surface area contributed by atoms with E-state index in [4.69, 9.17) is 4.74 Å². The third-order valence-electron chi connectivity index (χ3n) is 5.16. The van der Waals surface area contributed by atoms with Crippen LogP contribution in [0.15, 0.2) is 0 Å². The number of hydrogen-bond acceptors (Lipinski definition) is 1. The van der Waals surface area contributed by atoms with Crippen molar-refractivity contribution in [3.05, 3.63) is 0 Å². The van der Waals surface area contributed by atoms with E-state index in [0.717, 1.165) is 13.2 Å². The molecule has 0 aromatic carbocycles. The molecule has 5 aliphatic rings. The Hall–Kier alpha value is 1.42. The van der Waals surface area contributed by atoms with Gasteiger partial charge < -0.3 is 4.74 Å². The monoisotopic (exact) mass is 402 g/mol. The maximum atomic E-state index is 5.76. The second-order valence-electron chi connectivity index (χ2n) is 5.69. The average molecular weight is 402 g/mol. The second kappa shape index (κ2) is 1.97. The summed E-state index contributed by atoms with van der Waals surface area (Å²) in [6, 6.07) is 0. The van der Waals surface area contributed by atoms with Crippen molar-refractivity contribution in [2.24, 2.45) is 10.8 Å². The molecule has 0 amide bonds. The fourth-order valence-electron chi connectivity index (χ4n) is 4.73. The summed E-state index contributed by atoms with van der Waals surface area (Å²) in [6.07, 6.45) is 5.79. The Labute approximate surface area is 106 Å². The Morgan fingerprint density at radius 2 is 1.15 bits per heavy atom. The van der Waals surface area contributed by atoms with Crippen molar-refractivity contribution in [1.82, 2.24) is 0 Å². The van der Waals surface area contributed by atoms with Gasteiger partial charge in [0.15, 0.2) is 0 Å². The van der Waals surface area contributed by atoms with E-state index in [2.05, 4.69) is 45.2 Å². The van der Waals surface area contributed by atoms with Gasteiger partial charge in [-0.2, -0.15) is 0 Å². The van der Waals surface area contributed by atoms with Crippen LogP contribution in [0.1, 0.15) is 25.7 Å². The topological polar surface area (TPSA) is 9.23 Å². The summed E-state index contributed by atoms with van der Waals surface area (Å²) in [5, 5.41) is 0. The molecule has 0 aromatic rings. The van der Waals surface area contributed by atoms with Crippen LogP contribution in [0.4, 0.5) is 0 Å². The van der Waals surface area contributed by atoms with Crippen molar-refractivity contribution in [1.29, 1.82) is 0 Å². The van der Waals surface area contributed by atoms with E-state index >= 15 is 0 Å². The number of hydrogen-bond donors (Lipinski definition) is 0. The standard InChI is InChI=1S/C10H12I2O/c11-9-1-7-2-10(9,12)4-8(7,3-9)6-13-5-7/h1-6H2. The molecule has 5 fully saturated rings. The molecule has 4 bridgehead atoms. The van der Waals surface area contributed by atoms with Gasteiger partial charge in [0.25, 0.3) is 0 Å². The van der Waals surface area contributed by atoms with Gasteiger partial charge in [0.1, 0.15) is 0 Å². The zero-order valence-electron chi connectivity index (χ0n) is 7.41. The van der Waals surface area contributed by atoms with Gasteiger partial charge >= 0.3 is 0 Å². The van der Waals surface area contributed by atoms with E-state index in [1.807, 2.05) is 0 Å². The minimum Gasteiger partial charge on any atom is -0.380 e. The molecule has 0 atom stereocenters. The molecular weight excluding hydrogens is 390 g/mol. The third-order valence-corrected chi connectivity index (χ3v) is 9.78. The van der Waals surface area contributed by atoms with Crippen LogP contribution in [0.5, 0.6) is 0 Å². The van der Waals surface area contributed by atoms with Crippen LogP contribution in [-0.4, -0.2) is 20.1 Å². The molecular formula is C10H12I2O. The van der Waals surface area contributed by atoms with Gasteiger partial charge in [-0.1, -0.05) is 45.2 Å². The minimum atomic E-state index is 0.620. The molecule has 13 heavy (non-hydrogen) atoms. The molecule has 0 unspecified atom stereocenters. The molecule has 0 aromatic heterocycles. The molecule has 1 aliphatic heterocycles. The van der Waals surface area contributed by atoms with E-state index < -0.39 is 0 Å². The van der Waals surface area contributed by atoms with Crippen molar-refractivity contribution in [3.8, 4) is 0 Å². The Bertz CT molecular complexity index is 270. The normalized spacial score (nSPS) is 72.5. The van der Waals surface area contributed by atoms with E-state index in [9.17, 15) is 0 Å². The molecule has 1 nitrogen and oxygen atoms in total. The quantitative estimate of drug-likeness (QED) is 0.448. The van der Waals surface area contributed by atoms with Crippen molar-refractivity contribution in [2.75, 3.05) is 13.2 Å². The fourth-order valence-corrected chi connectivity index (χ4v) is 8.41. The van der Waals surface area contributed by atoms with Gasteiger partial charge in [0.2, 0.25) is 0 Å². The SMILES string of the molecule is IC12CC34COCC3(C1)CC2(I)C4. The van der Waals surface area contributed by atoms with Crippen LogP contribution in [0.25, 0.3) is 0 Å². The predicted octanol–water partition coefficient (Wildman–Crippen LogP) is 2.94. The largest absolute Gasteiger partial charge is 0.380 e. The maximum Gasteiger partial charge on any atom is 0.0529 e. The highest BCUT2D eigenvalue weighted by Crippen LogP contribution is 2.85. The molecule has 1 saturated heterocycles. The first-order chi connectivity index (χ1) is 6.04. The summed E-state index contributed by atoms with van der Waals surface area (Å²) >= 11 is 5.54. The first kappa shape index (κ1) is 8.56. The van der Waals surface area contributed by atoms with Crippen LogP contribution < -0.4 is 0 Å². The number of ether oxygens (including phenoxy) is 1. The van der Waals surface area contributed by atoms with E-state index in [1.54, 1.807) is 0 Å². The highest BCUT2D eigenvalue weighted by molar-refractivity contribution is 14.1. The maximum absolute atomic E-state index is 5.76. The Morgan fingerprint density at radius 3 is 1.54 bits per heavy atom. The summed E-state index contributed by atoms with van der Waals surface area (Å²) in [7, 11) is 0. The summed E-state index contributed by atoms with van der Waals surface area (Å²) in [5.74, 6) is 0. The van der Waals surface area contributed by atoms with Gasteiger partial charge in [-0.25, -0.2) is 0 Å². The van der Waals surface area contributed by atoms with Gasteiger partial charge in [-0.05, 0) is 25.7 Å². The Balaban J connectivity index is 1.99. The third kappa shape index (κ3) is 0.662. The fraction of sp³-hybridized carbons (Fsp3) is 1.00. The molecule has 0 radical (unpaired) electrons. The molecule has 0 N–H and O–H groups in total. The lowest BCUT2D eigenvalue weighted by Crippen LogP contribution is -2.32. The summed E-state index contributed by atoms with van der Waals surface area (Å²) in [6.45, 7) is 2.14. The van der Waals surface area contributed by atoms with E-state index in [0.29, 0.717) is 17.7 Å². The van der Waals surface area contributed by atoms with Crippen molar-refractivity contribution >= 4 is 45.2 Å². The summed E-state index contributed by atoms with van der Waals surface area (Å²) < 4.78 is 7.02. The average Bonchev–Trinajstić information content (AvgIpc) is 2.50. The molecule has 72 valence electrons. The van der Waals surface area contributed by atoms with Crippen molar-refractivity contribution in [2.45, 2.75) is 32.5 Å².